The molecule has 33 heavy (non-hydrogen) atoms. The monoisotopic (exact) mass is 472 g/mol. The predicted octanol–water partition coefficient (Wildman–Crippen LogP) is 8.49. The largest absolute Gasteiger partial charge is 0.211 e. The van der Waals surface area contributed by atoms with E-state index in [2.05, 4.69) is 104 Å². The summed E-state index contributed by atoms with van der Waals surface area (Å²) in [4.78, 5) is 0. The van der Waals surface area contributed by atoms with Gasteiger partial charge in [-0.25, -0.2) is 4.39 Å². The zero-order valence-electron chi connectivity index (χ0n) is 19.2. The molecule has 1 atom stereocenters. The van der Waals surface area contributed by atoms with Crippen molar-refractivity contribution in [3.05, 3.63) is 125 Å². The third-order valence-electron chi connectivity index (χ3n) is 5.76. The summed E-state index contributed by atoms with van der Waals surface area (Å²) in [6.07, 6.45) is 8.80. The van der Waals surface area contributed by atoms with Gasteiger partial charge in [-0.05, 0) is 62.2 Å². The van der Waals surface area contributed by atoms with E-state index in [-0.39, 0.29) is 5.83 Å². The number of rotatable bonds is 9. The van der Waals surface area contributed by atoms with Crippen LogP contribution in [-0.4, -0.2) is 0 Å². The van der Waals surface area contributed by atoms with Gasteiger partial charge in [0.05, 0.1) is 0 Å². The number of hydrogen-bond donors (Lipinski definition) is 0. The van der Waals surface area contributed by atoms with Crippen molar-refractivity contribution >= 4 is 31.8 Å². The molecule has 1 aliphatic carbocycles. The lowest BCUT2D eigenvalue weighted by atomic mass is 10.2. The predicted molar refractivity (Wildman–Crippen MR) is 146 cm³/mol. The molecule has 3 heteroatoms. The Morgan fingerprint density at radius 3 is 1.88 bits per heavy atom. The lowest BCUT2D eigenvalue weighted by Crippen LogP contribution is -2.13. The zero-order valence-corrected chi connectivity index (χ0v) is 21.0. The maximum Gasteiger partial charge on any atom is 0.108 e. The van der Waals surface area contributed by atoms with Crippen molar-refractivity contribution in [2.75, 3.05) is 0 Å². The van der Waals surface area contributed by atoms with E-state index in [9.17, 15) is 0 Å². The zero-order chi connectivity index (χ0) is 22.9. The quantitative estimate of drug-likeness (QED) is 0.274. The molecule has 0 N–H and O–H groups in total. The van der Waals surface area contributed by atoms with Gasteiger partial charge >= 0.3 is 0 Å². The average Bonchev–Trinajstić information content (AvgIpc) is 2.88. The lowest BCUT2D eigenvalue weighted by Gasteiger charge is -2.26. The second-order valence-electron chi connectivity index (χ2n) is 8.17. The first-order chi connectivity index (χ1) is 16.3. The summed E-state index contributed by atoms with van der Waals surface area (Å²) in [6.45, 7) is 2.25. The standard InChI is InChI=1S/C30H31FP2/c1-2-3-15-28(33(26-18-9-5-10-19-26)27-20-11-6-12-21-27)24-32(25-16-7-4-8-17-25)30-23-14-13-22-29(30)31/h4-12,14,16-21,23-24H,2-3,13,15,22H2,1H3/b28-24-. The van der Waals surface area contributed by atoms with Crippen LogP contribution in [0, 0.1) is 0 Å². The highest BCUT2D eigenvalue weighted by Gasteiger charge is 2.24. The maximum absolute atomic E-state index is 15.2. The third kappa shape index (κ3) is 6.17. The van der Waals surface area contributed by atoms with Crippen molar-refractivity contribution in [3.8, 4) is 0 Å². The fourth-order valence-corrected chi connectivity index (χ4v) is 9.30. The van der Waals surface area contributed by atoms with Gasteiger partial charge in [0.15, 0.2) is 0 Å². The summed E-state index contributed by atoms with van der Waals surface area (Å²) in [5, 5.41) is 6.27. The van der Waals surface area contributed by atoms with Crippen LogP contribution in [0.2, 0.25) is 0 Å². The van der Waals surface area contributed by atoms with Crippen LogP contribution in [0.5, 0.6) is 0 Å². The molecule has 0 aliphatic heterocycles. The van der Waals surface area contributed by atoms with Gasteiger partial charge in [0.25, 0.3) is 0 Å². The van der Waals surface area contributed by atoms with Crippen molar-refractivity contribution in [1.29, 1.82) is 0 Å². The molecule has 168 valence electrons. The van der Waals surface area contributed by atoms with Gasteiger partial charge in [0, 0.05) is 11.7 Å². The Kier molecular flexibility index (Phi) is 8.82. The van der Waals surface area contributed by atoms with E-state index >= 15 is 4.39 Å². The van der Waals surface area contributed by atoms with Crippen molar-refractivity contribution in [2.24, 2.45) is 0 Å². The molecule has 3 aromatic rings. The number of benzene rings is 3. The molecular formula is C30H31FP2. The topological polar surface area (TPSA) is 0 Å². The lowest BCUT2D eigenvalue weighted by molar-refractivity contribution is 0.585. The molecule has 0 aromatic heterocycles. The first kappa shape index (κ1) is 23.8. The van der Waals surface area contributed by atoms with Gasteiger partial charge in [-0.3, -0.25) is 0 Å². The van der Waals surface area contributed by atoms with Gasteiger partial charge in [-0.15, -0.1) is 0 Å². The van der Waals surface area contributed by atoms with E-state index in [0.717, 1.165) is 31.0 Å². The summed E-state index contributed by atoms with van der Waals surface area (Å²) in [7, 11) is -1.59. The number of unbranched alkanes of at least 4 members (excludes halogenated alkanes) is 1. The third-order valence-corrected chi connectivity index (χ3v) is 10.9. The molecule has 0 nitrogen and oxygen atoms in total. The first-order valence-electron chi connectivity index (χ1n) is 11.8. The maximum atomic E-state index is 15.2. The van der Waals surface area contributed by atoms with E-state index < -0.39 is 15.8 Å². The van der Waals surface area contributed by atoms with Crippen LogP contribution in [0.3, 0.4) is 0 Å². The Morgan fingerprint density at radius 2 is 1.36 bits per heavy atom. The molecule has 0 heterocycles. The Morgan fingerprint density at radius 1 is 0.818 bits per heavy atom. The Bertz CT molecular complexity index is 1060. The normalized spacial score (nSPS) is 15.2. The molecule has 0 saturated carbocycles. The molecule has 0 spiro atoms. The molecule has 1 unspecified atom stereocenters. The minimum absolute atomic E-state index is 0.0577. The van der Waals surface area contributed by atoms with Crippen molar-refractivity contribution < 1.29 is 4.39 Å². The average molecular weight is 473 g/mol. The van der Waals surface area contributed by atoms with Crippen LogP contribution in [0.1, 0.15) is 39.0 Å². The molecular weight excluding hydrogens is 441 g/mol. The van der Waals surface area contributed by atoms with Gasteiger partial charge in [-0.1, -0.05) is 116 Å². The van der Waals surface area contributed by atoms with Crippen molar-refractivity contribution in [2.45, 2.75) is 39.0 Å². The van der Waals surface area contributed by atoms with Gasteiger partial charge < -0.3 is 0 Å². The van der Waals surface area contributed by atoms with Crippen molar-refractivity contribution in [3.63, 3.8) is 0 Å². The summed E-state index contributed by atoms with van der Waals surface area (Å²) in [5.74, 6) is 2.51. The summed E-state index contributed by atoms with van der Waals surface area (Å²) < 4.78 is 15.2. The fraction of sp³-hybridized carbons (Fsp3) is 0.200. The minimum atomic E-state index is -0.910. The Labute approximate surface area is 200 Å². The van der Waals surface area contributed by atoms with Crippen LogP contribution in [0.25, 0.3) is 0 Å². The van der Waals surface area contributed by atoms with Gasteiger partial charge in [0.2, 0.25) is 0 Å². The highest BCUT2D eigenvalue weighted by atomic mass is 31.1. The molecule has 0 radical (unpaired) electrons. The van der Waals surface area contributed by atoms with Crippen LogP contribution in [0.15, 0.2) is 125 Å². The van der Waals surface area contributed by atoms with Crippen LogP contribution < -0.4 is 15.9 Å². The van der Waals surface area contributed by atoms with E-state index in [1.807, 2.05) is 12.1 Å². The van der Waals surface area contributed by atoms with E-state index in [4.69, 9.17) is 0 Å². The molecule has 3 aromatic carbocycles. The Balaban J connectivity index is 1.88. The SMILES string of the molecule is CCCC/C(=C/P(C1=C(F)CCC=C1)c1ccccc1)P(c1ccccc1)c1ccccc1. The van der Waals surface area contributed by atoms with E-state index in [1.165, 1.54) is 21.2 Å². The van der Waals surface area contributed by atoms with Crippen LogP contribution in [0.4, 0.5) is 4.39 Å². The molecule has 4 rings (SSSR count). The number of allylic oxidation sites excluding steroid dienone is 5. The molecule has 1 aliphatic rings. The number of halogens is 1. The van der Waals surface area contributed by atoms with Crippen LogP contribution in [-0.2, 0) is 0 Å². The Hall–Kier alpha value is -2.33. The second kappa shape index (κ2) is 12.2. The molecule has 0 fully saturated rings. The molecule has 0 saturated heterocycles. The number of hydrogen-bond acceptors (Lipinski definition) is 0. The smallest absolute Gasteiger partial charge is 0.108 e. The van der Waals surface area contributed by atoms with Gasteiger partial charge in [-0.2, -0.15) is 0 Å². The highest BCUT2D eigenvalue weighted by molar-refractivity contribution is 7.79. The summed E-state index contributed by atoms with van der Waals surface area (Å²) >= 11 is 0. The summed E-state index contributed by atoms with van der Waals surface area (Å²) in [6, 6.07) is 32.2. The molecule has 0 bridgehead atoms. The fourth-order valence-electron chi connectivity index (χ4n) is 4.08. The molecule has 0 amide bonds. The second-order valence-corrected chi connectivity index (χ2v) is 12.4. The highest BCUT2D eigenvalue weighted by Crippen LogP contribution is 2.55. The first-order valence-corrected chi connectivity index (χ1v) is 14.5. The van der Waals surface area contributed by atoms with Crippen molar-refractivity contribution in [1.82, 2.24) is 0 Å². The van der Waals surface area contributed by atoms with E-state index in [1.54, 1.807) is 0 Å². The summed E-state index contributed by atoms with van der Waals surface area (Å²) in [5.41, 5.74) is 0. The van der Waals surface area contributed by atoms with Crippen LogP contribution >= 0.6 is 15.8 Å². The minimum Gasteiger partial charge on any atom is -0.211 e. The van der Waals surface area contributed by atoms with Gasteiger partial charge in [0.1, 0.15) is 5.83 Å². The van der Waals surface area contributed by atoms with E-state index in [0.29, 0.717) is 6.42 Å².